The van der Waals surface area contributed by atoms with Gasteiger partial charge in [0.05, 0.1) is 18.4 Å². The second-order valence-electron chi connectivity index (χ2n) is 3.66. The summed E-state index contributed by atoms with van der Waals surface area (Å²) in [5, 5.41) is 12.8. The minimum absolute atomic E-state index is 0.639. The Kier molecular flexibility index (Phi) is 2.42. The lowest BCUT2D eigenvalue weighted by Crippen LogP contribution is -2.02. The van der Waals surface area contributed by atoms with E-state index in [1.54, 1.807) is 17.2 Å². The van der Waals surface area contributed by atoms with Gasteiger partial charge in [0.2, 0.25) is 0 Å². The third-order valence-corrected chi connectivity index (χ3v) is 2.41. The normalized spacial score (nSPS) is 10.6. The van der Waals surface area contributed by atoms with Gasteiger partial charge in [-0.1, -0.05) is 18.2 Å². The van der Waals surface area contributed by atoms with Crippen molar-refractivity contribution in [3.63, 3.8) is 0 Å². The highest BCUT2D eigenvalue weighted by atomic mass is 15.5. The summed E-state index contributed by atoms with van der Waals surface area (Å²) in [5.41, 5.74) is 1.84. The van der Waals surface area contributed by atoms with E-state index in [9.17, 15) is 0 Å². The molecule has 17 heavy (non-hydrogen) atoms. The topological polar surface area (TPSA) is 48.5 Å². The van der Waals surface area contributed by atoms with Crippen LogP contribution in [0.2, 0.25) is 0 Å². The molecule has 0 N–H and O–H groups in total. The summed E-state index contributed by atoms with van der Waals surface area (Å²) in [7, 11) is 0. The average Bonchev–Trinajstić information content (AvgIpc) is 3.02. The Morgan fingerprint density at radius 3 is 2.65 bits per heavy atom. The summed E-state index contributed by atoms with van der Waals surface area (Å²) < 4.78 is 1.82. The number of nitrogens with zero attached hydrogens (tertiary/aromatic N) is 5. The lowest BCUT2D eigenvalue weighted by molar-refractivity contribution is 0.656. The van der Waals surface area contributed by atoms with Crippen LogP contribution in [0.5, 0.6) is 0 Å². The highest BCUT2D eigenvalue weighted by Gasteiger charge is 2.02. The van der Waals surface area contributed by atoms with Gasteiger partial charge in [0.1, 0.15) is 5.69 Å². The quantitative estimate of drug-likeness (QED) is 0.679. The van der Waals surface area contributed by atoms with Crippen molar-refractivity contribution in [3.05, 3.63) is 60.7 Å². The van der Waals surface area contributed by atoms with Crippen molar-refractivity contribution in [1.82, 2.24) is 24.8 Å². The molecule has 0 fully saturated rings. The van der Waals surface area contributed by atoms with E-state index in [1.807, 2.05) is 47.3 Å². The minimum Gasteiger partial charge on any atom is -0.267 e. The van der Waals surface area contributed by atoms with Crippen LogP contribution in [0.4, 0.5) is 0 Å². The maximum atomic E-state index is 4.40. The number of rotatable bonds is 3. The van der Waals surface area contributed by atoms with Gasteiger partial charge >= 0.3 is 0 Å². The Labute approximate surface area is 98.3 Å². The summed E-state index contributed by atoms with van der Waals surface area (Å²) in [6.45, 7) is 0.639. The molecule has 0 radical (unpaired) electrons. The lowest BCUT2D eigenvalue weighted by atomic mass is 10.3. The molecule has 0 bridgehead atoms. The smallest absolute Gasteiger partial charge is 0.105 e. The maximum absolute atomic E-state index is 4.40. The van der Waals surface area contributed by atoms with Crippen molar-refractivity contribution in [3.8, 4) is 5.69 Å². The van der Waals surface area contributed by atoms with Crippen LogP contribution < -0.4 is 0 Å². The van der Waals surface area contributed by atoms with Crippen LogP contribution in [0.1, 0.15) is 5.69 Å². The first-order chi connectivity index (χ1) is 8.42. The van der Waals surface area contributed by atoms with E-state index in [4.69, 9.17) is 0 Å². The van der Waals surface area contributed by atoms with Crippen LogP contribution in [-0.4, -0.2) is 24.8 Å². The molecule has 0 aliphatic carbocycles. The maximum Gasteiger partial charge on any atom is 0.105 e. The van der Waals surface area contributed by atoms with Crippen LogP contribution in [0.15, 0.2) is 55.0 Å². The molecule has 2 heterocycles. The molecule has 5 nitrogen and oxygen atoms in total. The van der Waals surface area contributed by atoms with E-state index >= 15 is 0 Å². The Balaban J connectivity index is 1.84. The highest BCUT2D eigenvalue weighted by molar-refractivity contribution is 5.28. The fourth-order valence-electron chi connectivity index (χ4n) is 1.61. The Bertz CT molecular complexity index is 582. The summed E-state index contributed by atoms with van der Waals surface area (Å²) >= 11 is 0. The van der Waals surface area contributed by atoms with Gasteiger partial charge in [-0.25, -0.2) is 0 Å². The predicted molar refractivity (Wildman–Crippen MR) is 62.7 cm³/mol. The minimum atomic E-state index is 0.639. The Morgan fingerprint density at radius 1 is 1.00 bits per heavy atom. The first-order valence-corrected chi connectivity index (χ1v) is 5.36. The monoisotopic (exact) mass is 225 g/mol. The fraction of sp³-hybridized carbons (Fsp3) is 0.0833. The molecule has 2 aromatic heterocycles. The molecule has 5 heteroatoms. The van der Waals surface area contributed by atoms with Crippen molar-refractivity contribution < 1.29 is 0 Å². The van der Waals surface area contributed by atoms with Crippen LogP contribution in [0, 0.1) is 0 Å². The SMILES string of the molecule is c1ccc(-n2ncc(Cn3cccn3)n2)cc1. The summed E-state index contributed by atoms with van der Waals surface area (Å²) in [5.74, 6) is 0. The molecule has 1 aromatic carbocycles. The van der Waals surface area contributed by atoms with Gasteiger partial charge in [-0.05, 0) is 18.2 Å². The molecule has 0 aliphatic rings. The molecule has 3 aromatic rings. The first kappa shape index (κ1) is 9.77. The van der Waals surface area contributed by atoms with Crippen LogP contribution in [0.3, 0.4) is 0 Å². The summed E-state index contributed by atoms with van der Waals surface area (Å²) in [6.07, 6.45) is 5.41. The van der Waals surface area contributed by atoms with Gasteiger partial charge in [0, 0.05) is 12.4 Å². The third-order valence-electron chi connectivity index (χ3n) is 2.41. The van der Waals surface area contributed by atoms with Crippen molar-refractivity contribution in [2.24, 2.45) is 0 Å². The van der Waals surface area contributed by atoms with E-state index < -0.39 is 0 Å². The van der Waals surface area contributed by atoms with E-state index in [0.717, 1.165) is 11.4 Å². The van der Waals surface area contributed by atoms with Gasteiger partial charge < -0.3 is 0 Å². The molecule has 84 valence electrons. The van der Waals surface area contributed by atoms with Crippen molar-refractivity contribution in [2.75, 3.05) is 0 Å². The molecule has 3 rings (SSSR count). The molecule has 0 unspecified atom stereocenters. The fourth-order valence-corrected chi connectivity index (χ4v) is 1.61. The van der Waals surface area contributed by atoms with E-state index in [1.165, 1.54) is 0 Å². The van der Waals surface area contributed by atoms with Crippen LogP contribution in [-0.2, 0) is 6.54 Å². The predicted octanol–water partition coefficient (Wildman–Crippen LogP) is 1.51. The second kappa shape index (κ2) is 4.21. The number of benzene rings is 1. The summed E-state index contributed by atoms with van der Waals surface area (Å²) in [4.78, 5) is 1.62. The molecule has 0 spiro atoms. The molecular weight excluding hydrogens is 214 g/mol. The zero-order chi connectivity index (χ0) is 11.5. The van der Waals surface area contributed by atoms with Gasteiger partial charge in [0.25, 0.3) is 0 Å². The first-order valence-electron chi connectivity index (χ1n) is 5.36. The molecule has 0 atom stereocenters. The highest BCUT2D eigenvalue weighted by Crippen LogP contribution is 2.04. The van der Waals surface area contributed by atoms with Gasteiger partial charge in [-0.3, -0.25) is 4.68 Å². The van der Waals surface area contributed by atoms with Gasteiger partial charge in [-0.2, -0.15) is 20.1 Å². The molecular formula is C12H11N5. The molecule has 0 aliphatic heterocycles. The van der Waals surface area contributed by atoms with Gasteiger partial charge in [-0.15, -0.1) is 0 Å². The van der Waals surface area contributed by atoms with Crippen molar-refractivity contribution in [1.29, 1.82) is 0 Å². The number of aromatic nitrogens is 5. The molecule has 0 amide bonds. The molecule has 0 saturated carbocycles. The van der Waals surface area contributed by atoms with Crippen LogP contribution in [0.25, 0.3) is 5.69 Å². The standard InChI is InChI=1S/C12H11N5/c1-2-5-12(6-3-1)17-14-9-11(15-17)10-16-8-4-7-13-16/h1-9H,10H2. The van der Waals surface area contributed by atoms with Crippen LogP contribution >= 0.6 is 0 Å². The van der Waals surface area contributed by atoms with E-state index in [0.29, 0.717) is 6.54 Å². The number of para-hydroxylation sites is 1. The van der Waals surface area contributed by atoms with Crippen molar-refractivity contribution in [2.45, 2.75) is 6.54 Å². The zero-order valence-corrected chi connectivity index (χ0v) is 9.14. The summed E-state index contributed by atoms with van der Waals surface area (Å²) in [6, 6.07) is 11.7. The second-order valence-corrected chi connectivity index (χ2v) is 3.66. The Hall–Kier alpha value is -2.43. The van der Waals surface area contributed by atoms with Crippen molar-refractivity contribution >= 4 is 0 Å². The molecule has 0 saturated heterocycles. The van der Waals surface area contributed by atoms with E-state index in [-0.39, 0.29) is 0 Å². The number of hydrogen-bond acceptors (Lipinski definition) is 3. The number of hydrogen-bond donors (Lipinski definition) is 0. The third kappa shape index (κ3) is 2.08. The van der Waals surface area contributed by atoms with E-state index in [2.05, 4.69) is 15.3 Å². The Morgan fingerprint density at radius 2 is 1.88 bits per heavy atom. The average molecular weight is 225 g/mol. The van der Waals surface area contributed by atoms with Gasteiger partial charge in [0.15, 0.2) is 0 Å². The zero-order valence-electron chi connectivity index (χ0n) is 9.14. The largest absolute Gasteiger partial charge is 0.267 e. The lowest BCUT2D eigenvalue weighted by Gasteiger charge is -1.98.